The van der Waals surface area contributed by atoms with Crippen molar-refractivity contribution in [1.82, 2.24) is 19.5 Å². The summed E-state index contributed by atoms with van der Waals surface area (Å²) in [5.41, 5.74) is 9.25. The van der Waals surface area contributed by atoms with Crippen molar-refractivity contribution in [3.63, 3.8) is 0 Å². The Morgan fingerprint density at radius 2 is 2.33 bits per heavy atom. The lowest BCUT2D eigenvalue weighted by Gasteiger charge is -2.21. The van der Waals surface area contributed by atoms with Crippen LogP contribution in [0.15, 0.2) is 18.7 Å². The highest BCUT2D eigenvalue weighted by atomic mass is 15.1. The molecule has 1 aliphatic carbocycles. The van der Waals surface area contributed by atoms with Gasteiger partial charge in [0.25, 0.3) is 0 Å². The fourth-order valence-corrected chi connectivity index (χ4v) is 2.46. The van der Waals surface area contributed by atoms with Gasteiger partial charge in [-0.1, -0.05) is 0 Å². The summed E-state index contributed by atoms with van der Waals surface area (Å²) >= 11 is 0. The van der Waals surface area contributed by atoms with Crippen molar-refractivity contribution in [3.05, 3.63) is 30.0 Å². The van der Waals surface area contributed by atoms with Crippen LogP contribution in [0, 0.1) is 0 Å². The number of hydrogen-bond acceptors (Lipinski definition) is 4. The van der Waals surface area contributed by atoms with Crippen molar-refractivity contribution < 1.29 is 0 Å². The van der Waals surface area contributed by atoms with Crippen molar-refractivity contribution in [2.45, 2.75) is 38.8 Å². The third kappa shape index (κ3) is 1.80. The van der Waals surface area contributed by atoms with E-state index >= 15 is 0 Å². The third-order valence-electron chi connectivity index (χ3n) is 3.51. The fraction of sp³-hybridized carbons (Fsp3) is 0.462. The molecule has 0 aliphatic heterocycles. The van der Waals surface area contributed by atoms with Crippen molar-refractivity contribution >= 4 is 0 Å². The van der Waals surface area contributed by atoms with Crippen LogP contribution in [0.2, 0.25) is 0 Å². The minimum absolute atomic E-state index is 0.0962. The third-order valence-corrected chi connectivity index (χ3v) is 3.51. The van der Waals surface area contributed by atoms with Crippen molar-refractivity contribution in [2.75, 3.05) is 0 Å². The van der Waals surface area contributed by atoms with E-state index in [-0.39, 0.29) is 6.04 Å². The zero-order valence-electron chi connectivity index (χ0n) is 10.5. The monoisotopic (exact) mass is 243 g/mol. The summed E-state index contributed by atoms with van der Waals surface area (Å²) in [6, 6.07) is 0.0962. The Morgan fingerprint density at radius 1 is 1.44 bits per heavy atom. The van der Waals surface area contributed by atoms with Crippen LogP contribution in [0.1, 0.15) is 37.1 Å². The van der Waals surface area contributed by atoms with Gasteiger partial charge in [-0.05, 0) is 26.2 Å². The maximum Gasteiger partial charge on any atom is 0.178 e. The molecule has 0 aromatic carbocycles. The molecule has 18 heavy (non-hydrogen) atoms. The number of nitrogens with two attached hydrogens (primary N) is 1. The molecule has 0 spiro atoms. The topological polar surface area (TPSA) is 69.6 Å². The Hall–Kier alpha value is -1.75. The van der Waals surface area contributed by atoms with E-state index in [1.165, 1.54) is 0 Å². The van der Waals surface area contributed by atoms with Gasteiger partial charge in [-0.3, -0.25) is 0 Å². The second-order valence-electron chi connectivity index (χ2n) is 4.66. The lowest BCUT2D eigenvalue weighted by Crippen LogP contribution is -2.19. The number of hydrogen-bond donors (Lipinski definition) is 1. The number of aromatic nitrogens is 4. The van der Waals surface area contributed by atoms with Crippen LogP contribution in [0.3, 0.4) is 0 Å². The summed E-state index contributed by atoms with van der Waals surface area (Å²) in [6.45, 7) is 2.95. The first-order valence-corrected chi connectivity index (χ1v) is 6.41. The molecule has 2 aromatic heterocycles. The summed E-state index contributed by atoms with van der Waals surface area (Å²) in [5.74, 6) is 0.752. The average Bonchev–Trinajstić information content (AvgIpc) is 2.87. The fourth-order valence-electron chi connectivity index (χ4n) is 2.46. The van der Waals surface area contributed by atoms with E-state index in [4.69, 9.17) is 5.73 Å². The predicted octanol–water partition coefficient (Wildman–Crippen LogP) is 1.70. The number of fused-ring (bicyclic) bond motifs is 1. The molecular weight excluding hydrogens is 226 g/mol. The van der Waals surface area contributed by atoms with E-state index in [0.29, 0.717) is 0 Å². The Bertz CT molecular complexity index is 560. The summed E-state index contributed by atoms with van der Waals surface area (Å²) in [6.07, 6.45) is 8.64. The molecule has 5 heteroatoms. The lowest BCUT2D eigenvalue weighted by atomic mass is 9.93. The second kappa shape index (κ2) is 4.49. The quantitative estimate of drug-likeness (QED) is 0.871. The van der Waals surface area contributed by atoms with Crippen molar-refractivity contribution in [3.8, 4) is 11.5 Å². The smallest absolute Gasteiger partial charge is 0.178 e. The van der Waals surface area contributed by atoms with Gasteiger partial charge in [0.05, 0.1) is 12.5 Å². The van der Waals surface area contributed by atoms with Crippen LogP contribution in [0.4, 0.5) is 0 Å². The molecule has 0 amide bonds. The highest BCUT2D eigenvalue weighted by Crippen LogP contribution is 2.27. The Balaban J connectivity index is 2.04. The molecule has 0 saturated heterocycles. The van der Waals surface area contributed by atoms with Gasteiger partial charge < -0.3 is 10.3 Å². The van der Waals surface area contributed by atoms with Gasteiger partial charge in [-0.15, -0.1) is 0 Å². The van der Waals surface area contributed by atoms with E-state index in [0.717, 1.165) is 48.6 Å². The minimum atomic E-state index is 0.0962. The molecule has 1 aliphatic rings. The first kappa shape index (κ1) is 11.3. The van der Waals surface area contributed by atoms with E-state index in [9.17, 15) is 0 Å². The van der Waals surface area contributed by atoms with Crippen molar-refractivity contribution in [2.24, 2.45) is 5.73 Å². The molecule has 3 rings (SSSR count). The van der Waals surface area contributed by atoms with Gasteiger partial charge in [-0.25, -0.2) is 15.0 Å². The van der Waals surface area contributed by atoms with E-state index in [1.807, 2.05) is 23.3 Å². The van der Waals surface area contributed by atoms with Gasteiger partial charge in [0.1, 0.15) is 5.69 Å². The molecular formula is C13H17N5. The van der Waals surface area contributed by atoms with E-state index in [2.05, 4.69) is 21.9 Å². The van der Waals surface area contributed by atoms with Gasteiger partial charge in [-0.2, -0.15) is 0 Å². The first-order chi connectivity index (χ1) is 8.79. The SMILES string of the molecule is CCn1cncc1-c1ncc2c(n1)CCCC2N. The summed E-state index contributed by atoms with van der Waals surface area (Å²) in [4.78, 5) is 13.3. The van der Waals surface area contributed by atoms with Gasteiger partial charge in [0.2, 0.25) is 0 Å². The highest BCUT2D eigenvalue weighted by molar-refractivity contribution is 5.49. The van der Waals surface area contributed by atoms with Crippen LogP contribution in [-0.4, -0.2) is 19.5 Å². The molecule has 2 N–H and O–H groups in total. The molecule has 2 aromatic rings. The largest absolute Gasteiger partial charge is 0.328 e. The zero-order chi connectivity index (χ0) is 12.5. The van der Waals surface area contributed by atoms with Crippen LogP contribution < -0.4 is 5.73 Å². The molecule has 0 bridgehead atoms. The molecule has 1 atom stereocenters. The van der Waals surface area contributed by atoms with Crippen LogP contribution in [0.25, 0.3) is 11.5 Å². The molecule has 0 radical (unpaired) electrons. The number of aryl methyl sites for hydroxylation is 2. The maximum absolute atomic E-state index is 6.07. The molecule has 0 saturated carbocycles. The summed E-state index contributed by atoms with van der Waals surface area (Å²) in [5, 5.41) is 0. The van der Waals surface area contributed by atoms with Gasteiger partial charge in [0.15, 0.2) is 5.82 Å². The van der Waals surface area contributed by atoms with E-state index in [1.54, 1.807) is 0 Å². The Labute approximate surface area is 106 Å². The van der Waals surface area contributed by atoms with Gasteiger partial charge in [0, 0.05) is 30.0 Å². The molecule has 1 unspecified atom stereocenters. The maximum atomic E-state index is 6.07. The number of nitrogens with zero attached hydrogens (tertiary/aromatic N) is 4. The Morgan fingerprint density at radius 3 is 3.17 bits per heavy atom. The number of imidazole rings is 1. The van der Waals surface area contributed by atoms with E-state index < -0.39 is 0 Å². The van der Waals surface area contributed by atoms with Crippen LogP contribution >= 0.6 is 0 Å². The summed E-state index contributed by atoms with van der Waals surface area (Å²) in [7, 11) is 0. The standard InChI is InChI=1S/C13H17N5/c1-2-18-8-15-7-12(18)13-16-6-9-10(14)4-3-5-11(9)17-13/h6-8,10H,2-5,14H2,1H3. The zero-order valence-corrected chi connectivity index (χ0v) is 10.5. The van der Waals surface area contributed by atoms with Crippen LogP contribution in [-0.2, 0) is 13.0 Å². The normalized spacial score (nSPS) is 18.7. The lowest BCUT2D eigenvalue weighted by molar-refractivity contribution is 0.557. The Kier molecular flexibility index (Phi) is 2.83. The molecule has 0 fully saturated rings. The minimum Gasteiger partial charge on any atom is -0.328 e. The second-order valence-corrected chi connectivity index (χ2v) is 4.66. The van der Waals surface area contributed by atoms with Gasteiger partial charge >= 0.3 is 0 Å². The first-order valence-electron chi connectivity index (χ1n) is 6.41. The molecule has 94 valence electrons. The number of rotatable bonds is 2. The molecule has 5 nitrogen and oxygen atoms in total. The van der Waals surface area contributed by atoms with Crippen LogP contribution in [0.5, 0.6) is 0 Å². The average molecular weight is 243 g/mol. The predicted molar refractivity (Wildman–Crippen MR) is 68.8 cm³/mol. The summed E-state index contributed by atoms with van der Waals surface area (Å²) < 4.78 is 2.05. The molecule has 2 heterocycles. The van der Waals surface area contributed by atoms with Crippen molar-refractivity contribution in [1.29, 1.82) is 0 Å². The highest BCUT2D eigenvalue weighted by Gasteiger charge is 2.19.